The Bertz CT molecular complexity index is 371. The molecule has 0 heteroatoms. The van der Waals surface area contributed by atoms with Crippen molar-refractivity contribution in [1.29, 1.82) is 0 Å². The minimum Gasteiger partial charge on any atom is -0.0991 e. The van der Waals surface area contributed by atoms with Crippen LogP contribution in [-0.4, -0.2) is 0 Å². The molecule has 16 heavy (non-hydrogen) atoms. The lowest BCUT2D eigenvalue weighted by molar-refractivity contribution is 1.19. The second-order valence-electron chi connectivity index (χ2n) is 4.14. The van der Waals surface area contributed by atoms with Crippen molar-refractivity contribution in [1.82, 2.24) is 0 Å². The van der Waals surface area contributed by atoms with E-state index in [0.717, 1.165) is 0 Å². The Hall–Kier alpha value is -1.30. The Morgan fingerprint density at radius 2 is 1.44 bits per heavy atom. The molecule has 0 saturated carbocycles. The Balaban J connectivity index is 5.40. The number of allylic oxidation sites excluding steroid dienone is 9. The average molecular weight is 216 g/mol. The maximum absolute atomic E-state index is 3.73. The summed E-state index contributed by atoms with van der Waals surface area (Å²) in [6.07, 6.45) is 8.12. The summed E-state index contributed by atoms with van der Waals surface area (Å²) in [5, 5.41) is 0. The first-order valence-electron chi connectivity index (χ1n) is 5.73. The molecular weight excluding hydrogens is 192 g/mol. The van der Waals surface area contributed by atoms with Crippen molar-refractivity contribution >= 4 is 0 Å². The van der Waals surface area contributed by atoms with Crippen LogP contribution in [0.3, 0.4) is 0 Å². The van der Waals surface area contributed by atoms with Gasteiger partial charge in [-0.1, -0.05) is 30.9 Å². The summed E-state index contributed by atoms with van der Waals surface area (Å²) in [7, 11) is 0. The lowest BCUT2D eigenvalue weighted by atomic mass is 9.95. The zero-order valence-corrected chi connectivity index (χ0v) is 11.5. The molecule has 0 nitrogen and oxygen atoms in total. The van der Waals surface area contributed by atoms with Gasteiger partial charge in [-0.3, -0.25) is 0 Å². The van der Waals surface area contributed by atoms with Crippen LogP contribution < -0.4 is 0 Å². The van der Waals surface area contributed by atoms with Crippen LogP contribution in [0.4, 0.5) is 0 Å². The monoisotopic (exact) mass is 216 g/mol. The van der Waals surface area contributed by atoms with Crippen molar-refractivity contribution in [3.63, 3.8) is 0 Å². The molecule has 0 radical (unpaired) electrons. The molecule has 0 N–H and O–H groups in total. The van der Waals surface area contributed by atoms with E-state index < -0.39 is 0 Å². The van der Waals surface area contributed by atoms with Gasteiger partial charge in [0, 0.05) is 0 Å². The SMILES string of the molecule is C=CC=C(C)/C(C)=C(C)/C(C)=C(\C)C=CC. The van der Waals surface area contributed by atoms with Crippen LogP contribution in [0.15, 0.2) is 58.7 Å². The highest BCUT2D eigenvalue weighted by Crippen LogP contribution is 2.22. The summed E-state index contributed by atoms with van der Waals surface area (Å²) in [4.78, 5) is 0. The maximum Gasteiger partial charge on any atom is -0.0392 e. The Labute approximate surface area is 101 Å². The number of hydrogen-bond donors (Lipinski definition) is 0. The van der Waals surface area contributed by atoms with E-state index in [1.807, 2.05) is 13.0 Å². The highest BCUT2D eigenvalue weighted by atomic mass is 14.1. The zero-order valence-electron chi connectivity index (χ0n) is 11.5. The van der Waals surface area contributed by atoms with E-state index in [9.17, 15) is 0 Å². The van der Waals surface area contributed by atoms with Crippen LogP contribution in [0.1, 0.15) is 41.5 Å². The van der Waals surface area contributed by atoms with Crippen LogP contribution in [0.5, 0.6) is 0 Å². The van der Waals surface area contributed by atoms with Gasteiger partial charge in [-0.15, -0.1) is 0 Å². The lowest BCUT2D eigenvalue weighted by Crippen LogP contribution is -1.91. The van der Waals surface area contributed by atoms with Gasteiger partial charge < -0.3 is 0 Å². The van der Waals surface area contributed by atoms with Crippen molar-refractivity contribution in [3.05, 3.63) is 58.7 Å². The van der Waals surface area contributed by atoms with Crippen LogP contribution in [-0.2, 0) is 0 Å². The van der Waals surface area contributed by atoms with Gasteiger partial charge >= 0.3 is 0 Å². The first kappa shape index (κ1) is 14.7. The van der Waals surface area contributed by atoms with E-state index in [1.165, 1.54) is 27.9 Å². The summed E-state index contributed by atoms with van der Waals surface area (Å²) in [5.74, 6) is 0. The first-order chi connectivity index (χ1) is 7.45. The lowest BCUT2D eigenvalue weighted by Gasteiger charge is -2.11. The van der Waals surface area contributed by atoms with Gasteiger partial charge in [-0.25, -0.2) is 0 Å². The van der Waals surface area contributed by atoms with Crippen LogP contribution in [0, 0.1) is 0 Å². The van der Waals surface area contributed by atoms with E-state index in [-0.39, 0.29) is 0 Å². The average Bonchev–Trinajstić information content (AvgIpc) is 2.26. The zero-order chi connectivity index (χ0) is 12.7. The fraction of sp³-hybridized carbons (Fsp3) is 0.375. The molecule has 0 bridgehead atoms. The third-order valence-corrected chi connectivity index (χ3v) is 3.09. The van der Waals surface area contributed by atoms with Crippen LogP contribution in [0.2, 0.25) is 0 Å². The van der Waals surface area contributed by atoms with Crippen LogP contribution in [0.25, 0.3) is 0 Å². The first-order valence-corrected chi connectivity index (χ1v) is 5.73. The third-order valence-electron chi connectivity index (χ3n) is 3.09. The van der Waals surface area contributed by atoms with Crippen molar-refractivity contribution in [2.45, 2.75) is 41.5 Å². The normalized spacial score (nSPS) is 16.0. The summed E-state index contributed by atoms with van der Waals surface area (Å²) in [6.45, 7) is 16.6. The Morgan fingerprint density at radius 1 is 0.875 bits per heavy atom. The molecule has 88 valence electrons. The van der Waals surface area contributed by atoms with Crippen molar-refractivity contribution in [2.24, 2.45) is 0 Å². The summed E-state index contributed by atoms with van der Waals surface area (Å²) in [5.41, 5.74) is 6.64. The predicted octanol–water partition coefficient (Wildman–Crippen LogP) is 5.37. The molecule has 0 atom stereocenters. The molecule has 0 saturated heterocycles. The largest absolute Gasteiger partial charge is 0.0991 e. The highest BCUT2D eigenvalue weighted by Gasteiger charge is 2.02. The minimum absolute atomic E-state index is 1.28. The Kier molecular flexibility index (Phi) is 6.48. The molecule has 0 unspecified atom stereocenters. The molecule has 0 aromatic heterocycles. The fourth-order valence-electron chi connectivity index (χ4n) is 1.55. The summed E-state index contributed by atoms with van der Waals surface area (Å²) >= 11 is 0. The molecule has 0 spiro atoms. The van der Waals surface area contributed by atoms with Gasteiger partial charge in [-0.2, -0.15) is 0 Å². The third kappa shape index (κ3) is 4.06. The van der Waals surface area contributed by atoms with Gasteiger partial charge in [0.1, 0.15) is 0 Å². The molecule has 0 rings (SSSR count). The quantitative estimate of drug-likeness (QED) is 0.554. The molecule has 0 heterocycles. The van der Waals surface area contributed by atoms with Crippen molar-refractivity contribution in [2.75, 3.05) is 0 Å². The van der Waals surface area contributed by atoms with E-state index >= 15 is 0 Å². The van der Waals surface area contributed by atoms with Crippen LogP contribution >= 0.6 is 0 Å². The molecule has 0 amide bonds. The van der Waals surface area contributed by atoms with E-state index in [4.69, 9.17) is 0 Å². The maximum atomic E-state index is 3.73. The molecule has 0 aliphatic rings. The molecule has 0 aromatic carbocycles. The number of hydrogen-bond acceptors (Lipinski definition) is 0. The van der Waals surface area contributed by atoms with Gasteiger partial charge in [0.05, 0.1) is 0 Å². The number of rotatable bonds is 4. The molecule has 0 aliphatic carbocycles. The molecule has 0 fully saturated rings. The highest BCUT2D eigenvalue weighted by molar-refractivity contribution is 5.45. The Morgan fingerprint density at radius 3 is 1.88 bits per heavy atom. The molecular formula is C16H24. The standard InChI is InChI=1S/C16H24/c1-8-10-12(3)14(5)16(7)15(6)13(4)11-9-2/h8-11H,1H2,2-7H3/b11-9?,12-10?,15-13+,16-14+. The van der Waals surface area contributed by atoms with E-state index in [2.05, 4.69) is 59.4 Å². The second kappa shape index (κ2) is 7.05. The predicted molar refractivity (Wildman–Crippen MR) is 75.5 cm³/mol. The van der Waals surface area contributed by atoms with E-state index in [1.54, 1.807) is 0 Å². The van der Waals surface area contributed by atoms with Crippen molar-refractivity contribution < 1.29 is 0 Å². The topological polar surface area (TPSA) is 0 Å². The van der Waals surface area contributed by atoms with Gasteiger partial charge in [-0.05, 0) is 69.4 Å². The smallest absolute Gasteiger partial charge is 0.0392 e. The summed E-state index contributed by atoms with van der Waals surface area (Å²) < 4.78 is 0. The molecule has 0 aromatic rings. The van der Waals surface area contributed by atoms with Gasteiger partial charge in [0.15, 0.2) is 0 Å². The minimum atomic E-state index is 1.28. The molecule has 0 aliphatic heterocycles. The fourth-order valence-corrected chi connectivity index (χ4v) is 1.55. The van der Waals surface area contributed by atoms with Gasteiger partial charge in [0.2, 0.25) is 0 Å². The van der Waals surface area contributed by atoms with Crippen molar-refractivity contribution in [3.8, 4) is 0 Å². The van der Waals surface area contributed by atoms with E-state index in [0.29, 0.717) is 0 Å². The second-order valence-corrected chi connectivity index (χ2v) is 4.14. The van der Waals surface area contributed by atoms with Gasteiger partial charge in [0.25, 0.3) is 0 Å². The summed E-state index contributed by atoms with van der Waals surface area (Å²) in [6, 6.07) is 0.